The van der Waals surface area contributed by atoms with Crippen molar-refractivity contribution >= 4 is 49.7 Å². The SMILES string of the molecule is COc1ncc(-c2ccc3ncc(C#N)c(Nc4ccc(F)c(Cl)c4)c3n2)cc1NS(=O)(=O)c1ccc(F)cc1F. The van der Waals surface area contributed by atoms with Crippen molar-refractivity contribution in [3.63, 3.8) is 0 Å². The molecule has 0 bridgehead atoms. The highest BCUT2D eigenvalue weighted by molar-refractivity contribution is 7.92. The second-order valence-electron chi connectivity index (χ2n) is 8.44. The molecule has 2 aromatic carbocycles. The summed E-state index contributed by atoms with van der Waals surface area (Å²) in [6.07, 6.45) is 2.73. The van der Waals surface area contributed by atoms with Gasteiger partial charge in [-0.15, -0.1) is 0 Å². The minimum absolute atomic E-state index is 0.121. The maximum absolute atomic E-state index is 14.2. The first-order valence-corrected chi connectivity index (χ1v) is 13.4. The molecule has 0 fully saturated rings. The van der Waals surface area contributed by atoms with Crippen molar-refractivity contribution in [1.29, 1.82) is 5.26 Å². The van der Waals surface area contributed by atoms with Crippen LogP contribution < -0.4 is 14.8 Å². The molecule has 0 radical (unpaired) electrons. The lowest BCUT2D eigenvalue weighted by Crippen LogP contribution is -2.16. The van der Waals surface area contributed by atoms with Crippen LogP contribution in [0, 0.1) is 28.8 Å². The Bertz CT molecular complexity index is 1990. The standard InChI is InChI=1S/C27H16ClF3N6O3S/c1-40-27-23(37-41(38,39)24-7-2-16(29)9-20(24)31)8-14(12-34-27)21-5-6-22-26(36-21)25(15(11-32)13-33-22)35-17-3-4-19(30)18(28)10-17/h2-10,12-13,37H,1H3,(H,33,35). The number of methoxy groups -OCH3 is 1. The number of fused-ring (bicyclic) bond motifs is 1. The molecule has 206 valence electrons. The summed E-state index contributed by atoms with van der Waals surface area (Å²) in [4.78, 5) is 12.2. The molecule has 41 heavy (non-hydrogen) atoms. The average Bonchev–Trinajstić information content (AvgIpc) is 2.94. The molecule has 5 aromatic rings. The highest BCUT2D eigenvalue weighted by Crippen LogP contribution is 2.33. The summed E-state index contributed by atoms with van der Waals surface area (Å²) in [5.74, 6) is -2.95. The molecular weight excluding hydrogens is 581 g/mol. The Balaban J connectivity index is 1.58. The van der Waals surface area contributed by atoms with Gasteiger partial charge in [-0.1, -0.05) is 11.6 Å². The fourth-order valence-electron chi connectivity index (χ4n) is 3.88. The molecule has 9 nitrogen and oxygen atoms in total. The van der Waals surface area contributed by atoms with Crippen molar-refractivity contribution in [3.8, 4) is 23.2 Å². The first-order chi connectivity index (χ1) is 19.6. The lowest BCUT2D eigenvalue weighted by Gasteiger charge is -2.14. The maximum atomic E-state index is 14.2. The smallest absolute Gasteiger partial charge is 0.264 e. The summed E-state index contributed by atoms with van der Waals surface area (Å²) in [7, 11) is -3.24. The van der Waals surface area contributed by atoms with E-state index in [2.05, 4.69) is 25.0 Å². The normalized spacial score (nSPS) is 11.2. The predicted octanol–water partition coefficient (Wildman–Crippen LogP) is 6.19. The maximum Gasteiger partial charge on any atom is 0.264 e. The number of nitrogens with zero attached hydrogens (tertiary/aromatic N) is 4. The molecule has 0 amide bonds. The number of rotatable bonds is 7. The van der Waals surface area contributed by atoms with Gasteiger partial charge in [0.25, 0.3) is 10.0 Å². The number of hydrogen-bond acceptors (Lipinski definition) is 8. The predicted molar refractivity (Wildman–Crippen MR) is 146 cm³/mol. The molecule has 0 unspecified atom stereocenters. The Labute approximate surface area is 236 Å². The van der Waals surface area contributed by atoms with Gasteiger partial charge < -0.3 is 10.1 Å². The van der Waals surface area contributed by atoms with Crippen molar-refractivity contribution in [2.24, 2.45) is 0 Å². The van der Waals surface area contributed by atoms with Crippen molar-refractivity contribution in [1.82, 2.24) is 15.0 Å². The third-order valence-electron chi connectivity index (χ3n) is 5.79. The van der Waals surface area contributed by atoms with Crippen molar-refractivity contribution in [3.05, 3.63) is 95.0 Å². The average molecular weight is 597 g/mol. The summed E-state index contributed by atoms with van der Waals surface area (Å²) in [6.45, 7) is 0. The van der Waals surface area contributed by atoms with E-state index in [-0.39, 0.29) is 33.4 Å². The summed E-state index contributed by atoms with van der Waals surface area (Å²) >= 11 is 5.91. The number of nitrogens with one attached hydrogen (secondary N) is 2. The number of aromatic nitrogens is 3. The van der Waals surface area contributed by atoms with E-state index in [1.165, 1.54) is 43.8 Å². The Hall–Kier alpha value is -4.93. The van der Waals surface area contributed by atoms with Gasteiger partial charge in [0, 0.05) is 29.7 Å². The van der Waals surface area contributed by atoms with Crippen LogP contribution in [0.2, 0.25) is 5.02 Å². The minimum Gasteiger partial charge on any atom is -0.480 e. The van der Waals surface area contributed by atoms with Crippen LogP contribution in [-0.2, 0) is 10.0 Å². The first-order valence-electron chi connectivity index (χ1n) is 11.5. The van der Waals surface area contributed by atoms with Crippen LogP contribution >= 0.6 is 11.6 Å². The molecule has 0 spiro atoms. The zero-order valence-electron chi connectivity index (χ0n) is 20.8. The van der Waals surface area contributed by atoms with Gasteiger partial charge in [-0.05, 0) is 48.5 Å². The number of halogens is 4. The van der Waals surface area contributed by atoms with Gasteiger partial charge in [0.15, 0.2) is 0 Å². The number of ether oxygens (including phenoxy) is 1. The second-order valence-corrected chi connectivity index (χ2v) is 10.5. The van der Waals surface area contributed by atoms with Crippen LogP contribution in [0.5, 0.6) is 5.88 Å². The highest BCUT2D eigenvalue weighted by Gasteiger charge is 2.23. The van der Waals surface area contributed by atoms with Gasteiger partial charge in [-0.3, -0.25) is 9.71 Å². The highest BCUT2D eigenvalue weighted by atomic mass is 35.5. The van der Waals surface area contributed by atoms with Crippen LogP contribution in [-0.4, -0.2) is 30.5 Å². The van der Waals surface area contributed by atoms with Crippen molar-refractivity contribution in [2.75, 3.05) is 17.1 Å². The van der Waals surface area contributed by atoms with E-state index in [4.69, 9.17) is 16.3 Å². The van der Waals surface area contributed by atoms with Crippen molar-refractivity contribution < 1.29 is 26.3 Å². The van der Waals surface area contributed by atoms with Crippen LogP contribution in [0.15, 0.2) is 71.9 Å². The van der Waals surface area contributed by atoms with E-state index in [1.807, 2.05) is 6.07 Å². The zero-order chi connectivity index (χ0) is 29.3. The van der Waals surface area contributed by atoms with Crippen molar-refractivity contribution in [2.45, 2.75) is 4.90 Å². The molecular formula is C27H16ClF3N6O3S. The van der Waals surface area contributed by atoms with Gasteiger partial charge in [-0.25, -0.2) is 31.6 Å². The molecule has 0 aliphatic rings. The lowest BCUT2D eigenvalue weighted by molar-refractivity contribution is 0.400. The number of hydrogen-bond donors (Lipinski definition) is 2. The van der Waals surface area contributed by atoms with Crippen LogP contribution in [0.3, 0.4) is 0 Å². The molecule has 3 heterocycles. The summed E-state index contributed by atoms with van der Waals surface area (Å²) in [5.41, 5.74) is 1.98. The van der Waals surface area contributed by atoms with Crippen LogP contribution in [0.1, 0.15) is 5.56 Å². The number of pyridine rings is 3. The van der Waals surface area contributed by atoms with Gasteiger partial charge in [-0.2, -0.15) is 5.26 Å². The second kappa shape index (κ2) is 10.9. The van der Waals surface area contributed by atoms with Crippen LogP contribution in [0.4, 0.5) is 30.2 Å². The number of nitriles is 1. The van der Waals surface area contributed by atoms with E-state index in [9.17, 15) is 26.9 Å². The Kier molecular flexibility index (Phi) is 7.36. The zero-order valence-corrected chi connectivity index (χ0v) is 22.4. The fourth-order valence-corrected chi connectivity index (χ4v) is 5.17. The van der Waals surface area contributed by atoms with E-state index in [0.29, 0.717) is 28.5 Å². The summed E-state index contributed by atoms with van der Waals surface area (Å²) in [6, 6.07) is 12.7. The quantitative estimate of drug-likeness (QED) is 0.228. The van der Waals surface area contributed by atoms with E-state index in [1.54, 1.807) is 12.1 Å². The molecule has 5 rings (SSSR count). The van der Waals surface area contributed by atoms with Crippen LogP contribution in [0.25, 0.3) is 22.3 Å². The Morgan fingerprint density at radius 3 is 2.49 bits per heavy atom. The van der Waals surface area contributed by atoms with Gasteiger partial charge in [0.2, 0.25) is 5.88 Å². The summed E-state index contributed by atoms with van der Waals surface area (Å²) < 4.78 is 74.4. The fraction of sp³-hybridized carbons (Fsp3) is 0.0370. The molecule has 0 aliphatic heterocycles. The minimum atomic E-state index is -4.51. The molecule has 0 saturated carbocycles. The lowest BCUT2D eigenvalue weighted by atomic mass is 10.1. The Morgan fingerprint density at radius 1 is 0.976 bits per heavy atom. The summed E-state index contributed by atoms with van der Waals surface area (Å²) in [5, 5.41) is 12.6. The third kappa shape index (κ3) is 5.56. The molecule has 0 atom stereocenters. The van der Waals surface area contributed by atoms with Gasteiger partial charge in [0.05, 0.1) is 34.6 Å². The first kappa shape index (κ1) is 27.6. The molecule has 2 N–H and O–H groups in total. The van der Waals surface area contributed by atoms with E-state index >= 15 is 0 Å². The van der Waals surface area contributed by atoms with E-state index < -0.39 is 32.4 Å². The van der Waals surface area contributed by atoms with E-state index in [0.717, 1.165) is 12.1 Å². The molecule has 14 heteroatoms. The monoisotopic (exact) mass is 596 g/mol. The number of sulfonamides is 1. The third-order valence-corrected chi connectivity index (χ3v) is 7.48. The largest absolute Gasteiger partial charge is 0.480 e. The number of benzene rings is 2. The Morgan fingerprint density at radius 2 is 1.78 bits per heavy atom. The molecule has 0 saturated heterocycles. The van der Waals surface area contributed by atoms with Gasteiger partial charge >= 0.3 is 0 Å². The molecule has 0 aliphatic carbocycles. The van der Waals surface area contributed by atoms with Gasteiger partial charge in [0.1, 0.15) is 39.6 Å². The number of anilines is 3. The molecule has 3 aromatic heterocycles. The topological polar surface area (TPSA) is 130 Å².